The third kappa shape index (κ3) is 7.54. The Kier molecular flexibility index (Phi) is 9.62. The molecule has 0 bridgehead atoms. The first-order chi connectivity index (χ1) is 20.8. The highest BCUT2D eigenvalue weighted by molar-refractivity contribution is 7.81. The van der Waals surface area contributed by atoms with Gasteiger partial charge in [0, 0.05) is 6.42 Å². The molecule has 2 amide bonds. The van der Waals surface area contributed by atoms with E-state index in [1.54, 1.807) is 0 Å². The van der Waals surface area contributed by atoms with Gasteiger partial charge in [0.2, 0.25) is 11.8 Å². The number of nitrogens with one attached hydrogen (secondary N) is 2. The van der Waals surface area contributed by atoms with Gasteiger partial charge in [-0.25, -0.2) is 4.79 Å². The van der Waals surface area contributed by atoms with E-state index in [-0.39, 0.29) is 12.3 Å². The molecule has 0 aliphatic heterocycles. The number of carboxylic acid groups (broad SMARTS) is 1. The van der Waals surface area contributed by atoms with Crippen LogP contribution in [0, 0.1) is 0 Å². The molecular formula is C36H36N2O4S. The maximum absolute atomic E-state index is 13.6. The molecular weight excluding hydrogens is 556 g/mol. The number of amides is 2. The van der Waals surface area contributed by atoms with E-state index in [0.717, 1.165) is 46.2 Å². The monoisotopic (exact) mass is 592 g/mol. The van der Waals surface area contributed by atoms with Gasteiger partial charge in [-0.05, 0) is 52.6 Å². The molecule has 220 valence electrons. The number of hydrogen-bond donors (Lipinski definition) is 4. The SMILES string of the molecule is O=C(O)[C@H](Cc1ccc(-c2ccccc2)cc1)NC(=O)C1(NC(=O)[C@@H](S)Cc2ccc(-c3ccccc3)cc2)CCCC1. The van der Waals surface area contributed by atoms with Crippen molar-refractivity contribution < 1.29 is 19.5 Å². The van der Waals surface area contributed by atoms with Crippen molar-refractivity contribution in [2.75, 3.05) is 0 Å². The Bertz CT molecular complexity index is 1530. The van der Waals surface area contributed by atoms with Crippen molar-refractivity contribution >= 4 is 30.4 Å². The summed E-state index contributed by atoms with van der Waals surface area (Å²) in [5.41, 5.74) is 4.91. The molecule has 0 aromatic heterocycles. The Morgan fingerprint density at radius 1 is 0.674 bits per heavy atom. The van der Waals surface area contributed by atoms with Crippen LogP contribution in [0.5, 0.6) is 0 Å². The highest BCUT2D eigenvalue weighted by Crippen LogP contribution is 2.31. The molecule has 2 atom stereocenters. The normalized spacial score (nSPS) is 15.3. The zero-order valence-corrected chi connectivity index (χ0v) is 24.8. The summed E-state index contributed by atoms with van der Waals surface area (Å²) in [5, 5.41) is 15.0. The Hall–Kier alpha value is -4.36. The third-order valence-corrected chi connectivity index (χ3v) is 8.57. The lowest BCUT2D eigenvalue weighted by atomic mass is 9.94. The number of hydrogen-bond acceptors (Lipinski definition) is 4. The van der Waals surface area contributed by atoms with Crippen LogP contribution in [0.15, 0.2) is 109 Å². The molecule has 1 aliphatic carbocycles. The molecule has 43 heavy (non-hydrogen) atoms. The number of aliphatic carboxylic acids is 1. The fourth-order valence-corrected chi connectivity index (χ4v) is 5.96. The van der Waals surface area contributed by atoms with Crippen LogP contribution in [0.4, 0.5) is 0 Å². The number of carboxylic acids is 1. The van der Waals surface area contributed by atoms with E-state index < -0.39 is 28.7 Å². The molecule has 5 rings (SSSR count). The predicted molar refractivity (Wildman–Crippen MR) is 173 cm³/mol. The van der Waals surface area contributed by atoms with Crippen LogP contribution in [0.2, 0.25) is 0 Å². The van der Waals surface area contributed by atoms with Crippen LogP contribution in [0.3, 0.4) is 0 Å². The van der Waals surface area contributed by atoms with Gasteiger partial charge >= 0.3 is 5.97 Å². The second-order valence-electron chi connectivity index (χ2n) is 11.2. The second-order valence-corrected chi connectivity index (χ2v) is 11.8. The fraction of sp³-hybridized carbons (Fsp3) is 0.250. The van der Waals surface area contributed by atoms with E-state index >= 15 is 0 Å². The summed E-state index contributed by atoms with van der Waals surface area (Å²) in [6.07, 6.45) is 2.98. The molecule has 1 fully saturated rings. The van der Waals surface area contributed by atoms with Crippen LogP contribution in [0.25, 0.3) is 22.3 Å². The lowest BCUT2D eigenvalue weighted by molar-refractivity contribution is -0.143. The molecule has 0 saturated heterocycles. The molecule has 0 radical (unpaired) electrons. The summed E-state index contributed by atoms with van der Waals surface area (Å²) in [4.78, 5) is 39.0. The average molecular weight is 593 g/mol. The van der Waals surface area contributed by atoms with Gasteiger partial charge in [-0.1, -0.05) is 122 Å². The zero-order chi connectivity index (χ0) is 30.2. The van der Waals surface area contributed by atoms with Gasteiger partial charge < -0.3 is 15.7 Å². The van der Waals surface area contributed by atoms with Gasteiger partial charge in [0.15, 0.2) is 0 Å². The molecule has 6 nitrogen and oxygen atoms in total. The average Bonchev–Trinajstić information content (AvgIpc) is 3.52. The molecule has 1 saturated carbocycles. The minimum Gasteiger partial charge on any atom is -0.480 e. The number of benzene rings is 4. The van der Waals surface area contributed by atoms with Gasteiger partial charge in [0.25, 0.3) is 0 Å². The predicted octanol–water partition coefficient (Wildman–Crippen LogP) is 6.10. The summed E-state index contributed by atoms with van der Waals surface area (Å²) in [5.74, 6) is -1.92. The van der Waals surface area contributed by atoms with Gasteiger partial charge in [-0.2, -0.15) is 12.6 Å². The number of carbonyl (C=O) groups excluding carboxylic acids is 2. The van der Waals surface area contributed by atoms with E-state index in [9.17, 15) is 19.5 Å². The third-order valence-electron chi connectivity index (χ3n) is 8.15. The van der Waals surface area contributed by atoms with E-state index in [1.165, 1.54) is 0 Å². The second kappa shape index (κ2) is 13.7. The first kappa shape index (κ1) is 30.1. The van der Waals surface area contributed by atoms with Crippen molar-refractivity contribution in [3.63, 3.8) is 0 Å². The van der Waals surface area contributed by atoms with Gasteiger partial charge in [-0.3, -0.25) is 9.59 Å². The van der Waals surface area contributed by atoms with Crippen LogP contribution < -0.4 is 10.6 Å². The van der Waals surface area contributed by atoms with Crippen molar-refractivity contribution in [2.45, 2.75) is 55.4 Å². The highest BCUT2D eigenvalue weighted by atomic mass is 32.1. The van der Waals surface area contributed by atoms with Crippen molar-refractivity contribution in [1.29, 1.82) is 0 Å². The number of thiol groups is 1. The van der Waals surface area contributed by atoms with Crippen LogP contribution in [-0.2, 0) is 27.2 Å². The molecule has 0 heterocycles. The minimum atomic E-state index is -1.15. The van der Waals surface area contributed by atoms with Gasteiger partial charge in [-0.15, -0.1) is 0 Å². The first-order valence-electron chi connectivity index (χ1n) is 14.7. The van der Waals surface area contributed by atoms with Crippen molar-refractivity contribution in [1.82, 2.24) is 10.6 Å². The van der Waals surface area contributed by atoms with E-state index in [2.05, 4.69) is 23.3 Å². The Morgan fingerprint density at radius 3 is 1.58 bits per heavy atom. The summed E-state index contributed by atoms with van der Waals surface area (Å²) in [6.45, 7) is 0. The van der Waals surface area contributed by atoms with Crippen molar-refractivity contribution in [2.24, 2.45) is 0 Å². The molecule has 0 spiro atoms. The molecule has 4 aromatic rings. The molecule has 0 unspecified atom stereocenters. The lowest BCUT2D eigenvalue weighted by Crippen LogP contribution is -2.61. The fourth-order valence-electron chi connectivity index (χ4n) is 5.68. The number of carbonyl (C=O) groups is 3. The van der Waals surface area contributed by atoms with Crippen LogP contribution in [0.1, 0.15) is 36.8 Å². The standard InChI is InChI=1S/C36H36N2O4S/c39-33(32(43)24-26-15-19-30(20-16-26)28-11-5-2-6-12-28)38-36(21-7-8-22-36)35(42)37-31(34(40)41)23-25-13-17-29(18-14-25)27-9-3-1-4-10-27/h1-6,9-20,31-32,43H,7-8,21-24H2,(H,37,42)(H,38,39)(H,40,41)/t31-,32-/m0/s1. The maximum atomic E-state index is 13.6. The molecule has 3 N–H and O–H groups in total. The summed E-state index contributed by atoms with van der Waals surface area (Å²) in [6, 6.07) is 34.6. The maximum Gasteiger partial charge on any atom is 0.326 e. The van der Waals surface area contributed by atoms with Crippen LogP contribution in [-0.4, -0.2) is 39.7 Å². The lowest BCUT2D eigenvalue weighted by Gasteiger charge is -2.31. The zero-order valence-electron chi connectivity index (χ0n) is 23.9. The minimum absolute atomic E-state index is 0.133. The Morgan fingerprint density at radius 2 is 1.12 bits per heavy atom. The number of rotatable bonds is 11. The molecule has 4 aromatic carbocycles. The highest BCUT2D eigenvalue weighted by Gasteiger charge is 2.44. The van der Waals surface area contributed by atoms with Gasteiger partial charge in [0.05, 0.1) is 5.25 Å². The summed E-state index contributed by atoms with van der Waals surface area (Å²) < 4.78 is 0. The van der Waals surface area contributed by atoms with Gasteiger partial charge in [0.1, 0.15) is 11.6 Å². The molecule has 1 aliphatic rings. The largest absolute Gasteiger partial charge is 0.480 e. The summed E-state index contributed by atoms with van der Waals surface area (Å²) in [7, 11) is 0. The van der Waals surface area contributed by atoms with E-state index in [1.807, 2.05) is 109 Å². The van der Waals surface area contributed by atoms with Crippen LogP contribution >= 0.6 is 12.6 Å². The first-order valence-corrected chi connectivity index (χ1v) is 15.2. The summed E-state index contributed by atoms with van der Waals surface area (Å²) >= 11 is 4.58. The smallest absolute Gasteiger partial charge is 0.326 e. The topological polar surface area (TPSA) is 95.5 Å². The van der Waals surface area contributed by atoms with Crippen molar-refractivity contribution in [3.8, 4) is 22.3 Å². The van der Waals surface area contributed by atoms with Crippen molar-refractivity contribution in [3.05, 3.63) is 120 Å². The molecule has 7 heteroatoms. The Labute approximate surface area is 258 Å². The van der Waals surface area contributed by atoms with E-state index in [4.69, 9.17) is 0 Å². The Balaban J connectivity index is 1.21. The quantitative estimate of drug-likeness (QED) is 0.158. The van der Waals surface area contributed by atoms with E-state index in [0.29, 0.717) is 19.3 Å².